The lowest BCUT2D eigenvalue weighted by atomic mass is 9.89. The first-order valence-corrected chi connectivity index (χ1v) is 11.7. The van der Waals surface area contributed by atoms with Gasteiger partial charge in [0.25, 0.3) is 0 Å². The number of rotatable bonds is 6. The zero-order valence-corrected chi connectivity index (χ0v) is 20.0. The summed E-state index contributed by atoms with van der Waals surface area (Å²) in [5.74, 6) is -0.783. The lowest BCUT2D eigenvalue weighted by Crippen LogP contribution is -2.47. The molecule has 1 heterocycles. The molecule has 2 aromatic rings. The summed E-state index contributed by atoms with van der Waals surface area (Å²) in [6, 6.07) is 12.2. The number of piperidine rings is 1. The Morgan fingerprint density at radius 1 is 1.03 bits per heavy atom. The number of benzene rings is 2. The van der Waals surface area contributed by atoms with Crippen molar-refractivity contribution >= 4 is 11.8 Å². The summed E-state index contributed by atoms with van der Waals surface area (Å²) >= 11 is 0. The highest BCUT2D eigenvalue weighted by Gasteiger charge is 2.35. The van der Waals surface area contributed by atoms with Crippen LogP contribution in [0.1, 0.15) is 64.1 Å². The van der Waals surface area contributed by atoms with Crippen LogP contribution >= 0.6 is 0 Å². The van der Waals surface area contributed by atoms with Gasteiger partial charge < -0.3 is 9.80 Å². The van der Waals surface area contributed by atoms with Gasteiger partial charge in [-0.1, -0.05) is 52.0 Å². The fourth-order valence-corrected chi connectivity index (χ4v) is 4.53. The molecule has 0 N–H and O–H groups in total. The maximum absolute atomic E-state index is 13.9. The third-order valence-electron chi connectivity index (χ3n) is 6.32. The molecule has 3 rings (SSSR count). The Bertz CT molecular complexity index is 961. The number of hydrogen-bond donors (Lipinski definition) is 0. The highest BCUT2D eigenvalue weighted by atomic mass is 19.1. The molecule has 0 aliphatic carbocycles. The van der Waals surface area contributed by atoms with Crippen LogP contribution in [0.3, 0.4) is 0 Å². The summed E-state index contributed by atoms with van der Waals surface area (Å²) in [5, 5.41) is 0. The topological polar surface area (TPSA) is 40.6 Å². The molecule has 1 fully saturated rings. The molecule has 2 amide bonds. The van der Waals surface area contributed by atoms with E-state index in [4.69, 9.17) is 0 Å². The molecule has 0 bridgehead atoms. The van der Waals surface area contributed by atoms with Gasteiger partial charge >= 0.3 is 0 Å². The van der Waals surface area contributed by atoms with Crippen molar-refractivity contribution < 1.29 is 18.4 Å². The van der Waals surface area contributed by atoms with Gasteiger partial charge in [0.2, 0.25) is 11.8 Å². The summed E-state index contributed by atoms with van der Waals surface area (Å²) in [4.78, 5) is 30.0. The summed E-state index contributed by atoms with van der Waals surface area (Å²) in [7, 11) is 0. The van der Waals surface area contributed by atoms with Gasteiger partial charge in [0, 0.05) is 31.0 Å². The predicted octanol–water partition coefficient (Wildman–Crippen LogP) is 5.73. The van der Waals surface area contributed by atoms with Gasteiger partial charge in [-0.3, -0.25) is 9.59 Å². The smallest absolute Gasteiger partial charge is 0.227 e. The van der Waals surface area contributed by atoms with E-state index in [1.807, 2.05) is 38.7 Å². The monoisotopic (exact) mass is 456 g/mol. The van der Waals surface area contributed by atoms with Crippen LogP contribution in [0, 0.1) is 23.0 Å². The SMILES string of the molecule is CCC(c1ccc(F)cc1)N(Cc1cccc(F)c1)C(=O)C1CCN(C(=O)C(C)(C)C)CC1. The number of likely N-dealkylation sites (tertiary alicyclic amines) is 1. The molecule has 178 valence electrons. The van der Waals surface area contributed by atoms with Crippen molar-refractivity contribution in [2.24, 2.45) is 11.3 Å². The van der Waals surface area contributed by atoms with Crippen LogP contribution < -0.4 is 0 Å². The fraction of sp³-hybridized carbons (Fsp3) is 0.481. The van der Waals surface area contributed by atoms with Crippen molar-refractivity contribution in [3.05, 3.63) is 71.3 Å². The minimum atomic E-state index is -0.448. The van der Waals surface area contributed by atoms with Gasteiger partial charge in [-0.05, 0) is 54.7 Å². The third-order valence-corrected chi connectivity index (χ3v) is 6.32. The molecule has 1 atom stereocenters. The Hall–Kier alpha value is -2.76. The Labute approximate surface area is 195 Å². The van der Waals surface area contributed by atoms with E-state index < -0.39 is 5.41 Å². The molecule has 1 aliphatic heterocycles. The maximum atomic E-state index is 13.9. The second-order valence-corrected chi connectivity index (χ2v) is 9.89. The van der Waals surface area contributed by atoms with Crippen LogP contribution in [0.2, 0.25) is 0 Å². The number of carbonyl (C=O) groups is 2. The van der Waals surface area contributed by atoms with E-state index in [9.17, 15) is 18.4 Å². The third kappa shape index (κ3) is 6.18. The molecule has 2 aromatic carbocycles. The van der Waals surface area contributed by atoms with Gasteiger partial charge in [-0.2, -0.15) is 0 Å². The molecular weight excluding hydrogens is 422 g/mol. The van der Waals surface area contributed by atoms with E-state index in [0.29, 0.717) is 37.9 Å². The molecule has 1 unspecified atom stereocenters. The molecule has 1 aliphatic rings. The van der Waals surface area contributed by atoms with Gasteiger partial charge in [-0.25, -0.2) is 8.78 Å². The highest BCUT2D eigenvalue weighted by Crippen LogP contribution is 2.31. The van der Waals surface area contributed by atoms with Gasteiger partial charge in [0.15, 0.2) is 0 Å². The van der Waals surface area contributed by atoms with Crippen molar-refractivity contribution in [2.75, 3.05) is 13.1 Å². The van der Waals surface area contributed by atoms with E-state index >= 15 is 0 Å². The van der Waals surface area contributed by atoms with E-state index in [1.54, 1.807) is 23.1 Å². The molecule has 1 saturated heterocycles. The van der Waals surface area contributed by atoms with E-state index in [0.717, 1.165) is 5.56 Å². The normalized spacial score (nSPS) is 15.9. The van der Waals surface area contributed by atoms with E-state index in [1.165, 1.54) is 24.3 Å². The van der Waals surface area contributed by atoms with Crippen molar-refractivity contribution in [3.8, 4) is 0 Å². The zero-order valence-electron chi connectivity index (χ0n) is 20.0. The molecule has 33 heavy (non-hydrogen) atoms. The number of hydrogen-bond acceptors (Lipinski definition) is 2. The number of amides is 2. The van der Waals surface area contributed by atoms with Crippen molar-refractivity contribution in [2.45, 2.75) is 59.5 Å². The van der Waals surface area contributed by atoms with Gasteiger partial charge in [0.1, 0.15) is 11.6 Å². The van der Waals surface area contributed by atoms with Crippen LogP contribution in [-0.2, 0) is 16.1 Å². The summed E-state index contributed by atoms with van der Waals surface area (Å²) < 4.78 is 27.4. The summed E-state index contributed by atoms with van der Waals surface area (Å²) in [6.07, 6.45) is 1.84. The first-order valence-electron chi connectivity index (χ1n) is 11.7. The van der Waals surface area contributed by atoms with Crippen molar-refractivity contribution in [1.29, 1.82) is 0 Å². The van der Waals surface area contributed by atoms with Gasteiger partial charge in [-0.15, -0.1) is 0 Å². The molecule has 6 heteroatoms. The first-order chi connectivity index (χ1) is 15.6. The summed E-state index contributed by atoms with van der Waals surface area (Å²) in [5.41, 5.74) is 1.11. The van der Waals surface area contributed by atoms with Crippen LogP contribution in [0.25, 0.3) is 0 Å². The highest BCUT2D eigenvalue weighted by molar-refractivity contribution is 5.83. The Morgan fingerprint density at radius 3 is 2.21 bits per heavy atom. The minimum absolute atomic E-state index is 0.00158. The predicted molar refractivity (Wildman–Crippen MR) is 125 cm³/mol. The summed E-state index contributed by atoms with van der Waals surface area (Å²) in [6.45, 7) is 9.07. The standard InChI is InChI=1S/C27H34F2N2O2/c1-5-24(20-9-11-22(28)12-10-20)31(18-19-7-6-8-23(29)17-19)25(32)21-13-15-30(16-14-21)26(33)27(2,3)4/h6-12,17,21,24H,5,13-16,18H2,1-4H3. The Morgan fingerprint density at radius 2 is 1.67 bits per heavy atom. The lowest BCUT2D eigenvalue weighted by molar-refractivity contribution is -0.146. The van der Waals surface area contributed by atoms with Crippen LogP contribution in [0.4, 0.5) is 8.78 Å². The van der Waals surface area contributed by atoms with E-state index in [-0.39, 0.29) is 42.0 Å². The molecule has 0 radical (unpaired) electrons. The quantitative estimate of drug-likeness (QED) is 0.557. The Kier molecular flexibility index (Phi) is 7.88. The average molecular weight is 457 g/mol. The van der Waals surface area contributed by atoms with E-state index in [2.05, 4.69) is 0 Å². The van der Waals surface area contributed by atoms with Crippen molar-refractivity contribution in [3.63, 3.8) is 0 Å². The second kappa shape index (κ2) is 10.4. The van der Waals surface area contributed by atoms with Crippen LogP contribution in [-0.4, -0.2) is 34.7 Å². The maximum Gasteiger partial charge on any atom is 0.227 e. The lowest BCUT2D eigenvalue weighted by Gasteiger charge is -2.39. The number of carbonyl (C=O) groups excluding carboxylic acids is 2. The number of nitrogens with zero attached hydrogens (tertiary/aromatic N) is 2. The van der Waals surface area contributed by atoms with Crippen molar-refractivity contribution in [1.82, 2.24) is 9.80 Å². The number of halogens is 2. The minimum Gasteiger partial charge on any atom is -0.342 e. The molecule has 0 aromatic heterocycles. The van der Waals surface area contributed by atoms with Gasteiger partial charge in [0.05, 0.1) is 6.04 Å². The molecule has 0 saturated carbocycles. The molecular formula is C27H34F2N2O2. The largest absolute Gasteiger partial charge is 0.342 e. The Balaban J connectivity index is 1.83. The second-order valence-electron chi connectivity index (χ2n) is 9.89. The first kappa shape index (κ1) is 24.9. The average Bonchev–Trinajstić information content (AvgIpc) is 2.78. The fourth-order valence-electron chi connectivity index (χ4n) is 4.53. The molecule has 0 spiro atoms. The van der Waals surface area contributed by atoms with Crippen LogP contribution in [0.15, 0.2) is 48.5 Å². The van der Waals surface area contributed by atoms with Crippen LogP contribution in [0.5, 0.6) is 0 Å². The molecule has 4 nitrogen and oxygen atoms in total. The zero-order chi connectivity index (χ0) is 24.2.